The van der Waals surface area contributed by atoms with E-state index in [9.17, 15) is 18.0 Å². The molecule has 3 N–H and O–H groups in total. The largest absolute Gasteiger partial charge is 0.497 e. The van der Waals surface area contributed by atoms with Gasteiger partial charge in [0.25, 0.3) is 0 Å². The highest BCUT2D eigenvalue weighted by atomic mass is 19.4. The molecule has 0 aliphatic carbocycles. The number of halogens is 3. The summed E-state index contributed by atoms with van der Waals surface area (Å²) in [4.78, 5) is 11.5. The van der Waals surface area contributed by atoms with E-state index in [1.165, 1.54) is 7.11 Å². The van der Waals surface area contributed by atoms with E-state index in [4.69, 9.17) is 10.5 Å². The summed E-state index contributed by atoms with van der Waals surface area (Å²) in [6.07, 6.45) is -5.43. The fourth-order valence-electron chi connectivity index (χ4n) is 1.44. The second-order valence-corrected chi connectivity index (χ2v) is 4.72. The van der Waals surface area contributed by atoms with E-state index >= 15 is 0 Å². The van der Waals surface area contributed by atoms with Gasteiger partial charge in [-0.3, -0.25) is 4.79 Å². The molecule has 1 atom stereocenters. The molecule has 20 heavy (non-hydrogen) atoms. The van der Waals surface area contributed by atoms with Gasteiger partial charge in [-0.15, -0.1) is 0 Å². The van der Waals surface area contributed by atoms with E-state index in [0.717, 1.165) is 12.5 Å². The summed E-state index contributed by atoms with van der Waals surface area (Å²) in [6, 6.07) is 6.82. The lowest BCUT2D eigenvalue weighted by molar-refractivity contribution is -0.184. The van der Waals surface area contributed by atoms with Crippen molar-refractivity contribution in [3.05, 3.63) is 29.8 Å². The average molecular weight is 290 g/mol. The number of carbonyl (C=O) groups excluding carboxylic acids is 1. The van der Waals surface area contributed by atoms with Gasteiger partial charge in [-0.2, -0.15) is 13.2 Å². The van der Waals surface area contributed by atoms with Crippen molar-refractivity contribution in [2.45, 2.75) is 31.6 Å². The first-order valence-electron chi connectivity index (χ1n) is 5.91. The number of hydrogen-bond donors (Lipinski definition) is 2. The number of rotatable bonds is 5. The molecule has 0 heterocycles. The van der Waals surface area contributed by atoms with Gasteiger partial charge in [-0.25, -0.2) is 0 Å². The van der Waals surface area contributed by atoms with E-state index in [1.807, 2.05) is 0 Å². The van der Waals surface area contributed by atoms with Crippen molar-refractivity contribution >= 4 is 5.91 Å². The quantitative estimate of drug-likeness (QED) is 0.871. The summed E-state index contributed by atoms with van der Waals surface area (Å²) in [5, 5.41) is 2.40. The molecule has 0 radical (unpaired) electrons. The summed E-state index contributed by atoms with van der Waals surface area (Å²) < 4.78 is 42.5. The van der Waals surface area contributed by atoms with Crippen molar-refractivity contribution < 1.29 is 22.7 Å². The fourth-order valence-corrected chi connectivity index (χ4v) is 1.44. The number of methoxy groups -OCH3 is 1. The van der Waals surface area contributed by atoms with Crippen molar-refractivity contribution in [2.24, 2.45) is 5.73 Å². The summed E-state index contributed by atoms with van der Waals surface area (Å²) in [7, 11) is 1.52. The van der Waals surface area contributed by atoms with Gasteiger partial charge in [0.05, 0.1) is 13.5 Å². The van der Waals surface area contributed by atoms with Crippen molar-refractivity contribution in [1.29, 1.82) is 0 Å². The van der Waals surface area contributed by atoms with E-state index in [1.54, 1.807) is 24.3 Å². The van der Waals surface area contributed by atoms with E-state index in [-0.39, 0.29) is 6.54 Å². The summed E-state index contributed by atoms with van der Waals surface area (Å²) in [5.41, 5.74) is 3.32. The van der Waals surface area contributed by atoms with Gasteiger partial charge in [0.1, 0.15) is 11.3 Å². The molecule has 112 valence electrons. The molecule has 0 saturated heterocycles. The maximum atomic E-state index is 12.5. The van der Waals surface area contributed by atoms with Crippen molar-refractivity contribution in [3.8, 4) is 5.75 Å². The van der Waals surface area contributed by atoms with Gasteiger partial charge in [0, 0.05) is 6.54 Å². The van der Waals surface area contributed by atoms with Crippen molar-refractivity contribution in [2.75, 3.05) is 7.11 Å². The molecule has 0 aliphatic rings. The summed E-state index contributed by atoms with van der Waals surface area (Å²) in [6.45, 7) is 0.927. The van der Waals surface area contributed by atoms with Crippen LogP contribution >= 0.6 is 0 Å². The van der Waals surface area contributed by atoms with Crippen molar-refractivity contribution in [3.63, 3.8) is 0 Å². The first kappa shape index (κ1) is 16.3. The first-order chi connectivity index (χ1) is 9.15. The van der Waals surface area contributed by atoms with Crippen LogP contribution in [0.15, 0.2) is 24.3 Å². The van der Waals surface area contributed by atoms with Gasteiger partial charge >= 0.3 is 6.18 Å². The van der Waals surface area contributed by atoms with Crippen LogP contribution in [0.25, 0.3) is 0 Å². The van der Waals surface area contributed by atoms with Crippen LogP contribution in [0.1, 0.15) is 18.9 Å². The van der Waals surface area contributed by atoms with Crippen LogP contribution in [0.2, 0.25) is 0 Å². The lowest BCUT2D eigenvalue weighted by Crippen LogP contribution is -2.53. The lowest BCUT2D eigenvalue weighted by Gasteiger charge is -2.26. The maximum absolute atomic E-state index is 12.5. The molecule has 7 heteroatoms. The number of carbonyl (C=O) groups is 1. The third-order valence-electron chi connectivity index (χ3n) is 2.82. The molecule has 0 spiro atoms. The second kappa shape index (κ2) is 6.13. The van der Waals surface area contributed by atoms with Gasteiger partial charge < -0.3 is 15.8 Å². The third-order valence-corrected chi connectivity index (χ3v) is 2.82. The molecule has 0 aromatic heterocycles. The number of alkyl halides is 3. The number of amides is 1. The smallest absolute Gasteiger partial charge is 0.406 e. The van der Waals surface area contributed by atoms with Crippen LogP contribution in [0, 0.1) is 0 Å². The maximum Gasteiger partial charge on any atom is 0.406 e. The second-order valence-electron chi connectivity index (χ2n) is 4.72. The topological polar surface area (TPSA) is 64.3 Å². The zero-order chi connectivity index (χ0) is 15.4. The van der Waals surface area contributed by atoms with Crippen LogP contribution in [-0.2, 0) is 11.3 Å². The predicted octanol–water partition coefficient (Wildman–Crippen LogP) is 1.98. The van der Waals surface area contributed by atoms with E-state index < -0.39 is 24.0 Å². The third kappa shape index (κ3) is 4.41. The minimum absolute atomic E-state index is 0.136. The van der Waals surface area contributed by atoms with Crippen LogP contribution < -0.4 is 15.8 Å². The Morgan fingerprint density at radius 1 is 1.30 bits per heavy atom. The Balaban J connectivity index is 2.51. The Bertz CT molecular complexity index is 456. The van der Waals surface area contributed by atoms with Gasteiger partial charge in [-0.05, 0) is 24.6 Å². The molecule has 0 unspecified atom stereocenters. The predicted molar refractivity (Wildman–Crippen MR) is 68.1 cm³/mol. The van der Waals surface area contributed by atoms with Gasteiger partial charge in [-0.1, -0.05) is 12.1 Å². The molecule has 1 aromatic carbocycles. The minimum Gasteiger partial charge on any atom is -0.497 e. The number of benzene rings is 1. The molecule has 0 aliphatic heterocycles. The van der Waals surface area contributed by atoms with E-state index in [0.29, 0.717) is 5.75 Å². The summed E-state index contributed by atoms with van der Waals surface area (Å²) >= 11 is 0. The number of ether oxygens (including phenoxy) is 1. The molecule has 1 aromatic rings. The van der Waals surface area contributed by atoms with Crippen LogP contribution in [-0.4, -0.2) is 24.7 Å². The Morgan fingerprint density at radius 3 is 2.30 bits per heavy atom. The fraction of sp³-hybridized carbons (Fsp3) is 0.462. The summed E-state index contributed by atoms with van der Waals surface area (Å²) in [5.74, 6) is -0.0881. The highest BCUT2D eigenvalue weighted by Crippen LogP contribution is 2.30. The van der Waals surface area contributed by atoms with Crippen molar-refractivity contribution in [1.82, 2.24) is 5.32 Å². The first-order valence-corrected chi connectivity index (χ1v) is 5.91. The Labute approximate surface area is 115 Å². The zero-order valence-corrected chi connectivity index (χ0v) is 11.3. The van der Waals surface area contributed by atoms with Gasteiger partial charge in [0.2, 0.25) is 5.91 Å². The van der Waals surface area contributed by atoms with Crippen LogP contribution in [0.5, 0.6) is 5.75 Å². The Hall–Kier alpha value is -1.76. The van der Waals surface area contributed by atoms with Crippen LogP contribution in [0.4, 0.5) is 13.2 Å². The molecule has 1 rings (SSSR count). The lowest BCUT2D eigenvalue weighted by atomic mass is 9.98. The highest BCUT2D eigenvalue weighted by molar-refractivity contribution is 5.77. The van der Waals surface area contributed by atoms with Gasteiger partial charge in [0.15, 0.2) is 0 Å². The molecule has 1 amide bonds. The molecule has 0 saturated carbocycles. The van der Waals surface area contributed by atoms with E-state index in [2.05, 4.69) is 5.32 Å². The monoisotopic (exact) mass is 290 g/mol. The molecular weight excluding hydrogens is 273 g/mol. The van der Waals surface area contributed by atoms with Crippen LogP contribution in [0.3, 0.4) is 0 Å². The number of nitrogens with two attached hydrogens (primary N) is 1. The highest BCUT2D eigenvalue weighted by Gasteiger charge is 2.49. The minimum atomic E-state index is -4.62. The Kier molecular flexibility index (Phi) is 4.99. The average Bonchev–Trinajstić information content (AvgIpc) is 2.35. The molecule has 0 bridgehead atoms. The number of nitrogens with one attached hydrogen (secondary N) is 1. The molecular formula is C13H17F3N2O2. The molecule has 0 fully saturated rings. The molecule has 4 nitrogen and oxygen atoms in total. The zero-order valence-electron chi connectivity index (χ0n) is 11.3. The number of hydrogen-bond acceptors (Lipinski definition) is 3. The standard InChI is InChI=1S/C13H17F3N2O2/c1-12(17,13(14,15)16)7-11(19)18-8-9-3-5-10(20-2)6-4-9/h3-6H,7-8,17H2,1-2H3,(H,18,19)/t12-/m0/s1. The Morgan fingerprint density at radius 2 is 1.85 bits per heavy atom. The SMILES string of the molecule is COc1ccc(CNC(=O)C[C@](C)(N)C(F)(F)F)cc1. The normalized spacial score (nSPS) is 14.5.